The van der Waals surface area contributed by atoms with Gasteiger partial charge in [0.1, 0.15) is 12.8 Å². The molecule has 4 nitrogen and oxygen atoms in total. The first-order valence-electron chi connectivity index (χ1n) is 7.82. The van der Waals surface area contributed by atoms with Crippen LogP contribution in [-0.2, 0) is 4.84 Å². The third kappa shape index (κ3) is 2.67. The molecule has 2 heterocycles. The van der Waals surface area contributed by atoms with Crippen molar-refractivity contribution < 1.29 is 9.63 Å². The second kappa shape index (κ2) is 5.99. The highest BCUT2D eigenvalue weighted by Gasteiger charge is 2.39. The standard InChI is InChI=1S/C19H18N2O2/c22-19(16-10-5-2-6-11-16)21-14-20-13-7-12-17(23-21)18(20)15-8-3-1-4-9-15/h1-12,17-18H,13-14H2/t17-,18+/m0/s1. The zero-order valence-corrected chi connectivity index (χ0v) is 12.7. The van der Waals surface area contributed by atoms with Gasteiger partial charge in [-0.15, -0.1) is 0 Å². The Balaban J connectivity index is 1.59. The topological polar surface area (TPSA) is 32.8 Å². The molecule has 3 atom stereocenters. The van der Waals surface area contributed by atoms with Crippen LogP contribution in [0, 0.1) is 0 Å². The summed E-state index contributed by atoms with van der Waals surface area (Å²) >= 11 is 0. The maximum absolute atomic E-state index is 12.6. The molecule has 2 bridgehead atoms. The minimum absolute atomic E-state index is 0.0950. The van der Waals surface area contributed by atoms with E-state index in [4.69, 9.17) is 4.84 Å². The van der Waals surface area contributed by atoms with Crippen LogP contribution in [0.25, 0.3) is 0 Å². The Morgan fingerprint density at radius 2 is 1.70 bits per heavy atom. The van der Waals surface area contributed by atoms with Gasteiger partial charge in [-0.25, -0.2) is 5.06 Å². The molecule has 116 valence electrons. The van der Waals surface area contributed by atoms with Gasteiger partial charge in [-0.2, -0.15) is 0 Å². The summed E-state index contributed by atoms with van der Waals surface area (Å²) in [5.41, 5.74) is 1.86. The SMILES string of the molecule is O=C(c1ccccc1)N1CN2CC=C[C@H](O1)[C@H]2c1ccccc1. The zero-order chi connectivity index (χ0) is 15.6. The smallest absolute Gasteiger partial charge is 0.270 e. The molecule has 0 aromatic heterocycles. The van der Waals surface area contributed by atoms with E-state index in [-0.39, 0.29) is 18.1 Å². The van der Waals surface area contributed by atoms with Crippen molar-refractivity contribution in [2.24, 2.45) is 0 Å². The summed E-state index contributed by atoms with van der Waals surface area (Å²) in [7, 11) is 0. The fourth-order valence-corrected chi connectivity index (χ4v) is 3.23. The summed E-state index contributed by atoms with van der Waals surface area (Å²) in [6, 6.07) is 19.7. The van der Waals surface area contributed by atoms with Crippen LogP contribution in [0.3, 0.4) is 0 Å². The number of rotatable bonds is 2. The number of hydrogen-bond donors (Lipinski definition) is 0. The first-order chi connectivity index (χ1) is 11.3. The number of carbonyl (C=O) groups excluding carboxylic acids is 1. The molecule has 0 spiro atoms. The molecule has 0 aliphatic carbocycles. The first kappa shape index (κ1) is 14.2. The third-order valence-corrected chi connectivity index (χ3v) is 4.32. The first-order valence-corrected chi connectivity index (χ1v) is 7.82. The lowest BCUT2D eigenvalue weighted by Gasteiger charge is -2.46. The maximum Gasteiger partial charge on any atom is 0.278 e. The van der Waals surface area contributed by atoms with E-state index in [0.29, 0.717) is 12.2 Å². The van der Waals surface area contributed by atoms with Gasteiger partial charge in [-0.3, -0.25) is 14.5 Å². The number of fused-ring (bicyclic) bond motifs is 2. The van der Waals surface area contributed by atoms with Crippen molar-refractivity contribution in [2.45, 2.75) is 12.1 Å². The molecule has 0 radical (unpaired) electrons. The van der Waals surface area contributed by atoms with Crippen LogP contribution in [0.4, 0.5) is 0 Å². The lowest BCUT2D eigenvalue weighted by atomic mass is 9.96. The second-order valence-corrected chi connectivity index (χ2v) is 5.82. The molecule has 2 aliphatic rings. The molecule has 4 rings (SSSR count). The van der Waals surface area contributed by atoms with Gasteiger partial charge in [-0.1, -0.05) is 60.7 Å². The highest BCUT2D eigenvalue weighted by Crippen LogP contribution is 2.34. The summed E-state index contributed by atoms with van der Waals surface area (Å²) in [5.74, 6) is -0.0950. The number of nitrogens with zero attached hydrogens (tertiary/aromatic N) is 2. The Bertz CT molecular complexity index is 715. The van der Waals surface area contributed by atoms with E-state index in [1.807, 2.05) is 48.5 Å². The van der Waals surface area contributed by atoms with Crippen molar-refractivity contribution in [3.8, 4) is 0 Å². The number of carbonyl (C=O) groups is 1. The summed E-state index contributed by atoms with van der Waals surface area (Å²) in [5, 5.41) is 1.48. The normalized spacial score (nSPS) is 26.1. The predicted octanol–water partition coefficient (Wildman–Crippen LogP) is 3.01. The quantitative estimate of drug-likeness (QED) is 0.800. The van der Waals surface area contributed by atoms with E-state index in [1.54, 1.807) is 0 Å². The molecular formula is C19H18N2O2. The van der Waals surface area contributed by atoms with Crippen LogP contribution in [0.15, 0.2) is 72.8 Å². The van der Waals surface area contributed by atoms with E-state index in [0.717, 1.165) is 6.54 Å². The highest BCUT2D eigenvalue weighted by atomic mass is 16.7. The van der Waals surface area contributed by atoms with E-state index < -0.39 is 0 Å². The second-order valence-electron chi connectivity index (χ2n) is 5.82. The minimum Gasteiger partial charge on any atom is -0.270 e. The molecule has 1 fully saturated rings. The lowest BCUT2D eigenvalue weighted by molar-refractivity contribution is -0.232. The maximum atomic E-state index is 12.6. The van der Waals surface area contributed by atoms with E-state index in [1.165, 1.54) is 10.6 Å². The van der Waals surface area contributed by atoms with Gasteiger partial charge >= 0.3 is 0 Å². The van der Waals surface area contributed by atoms with Crippen LogP contribution in [0.2, 0.25) is 0 Å². The monoisotopic (exact) mass is 306 g/mol. The fraction of sp³-hybridized carbons (Fsp3) is 0.211. The number of hydrogen-bond acceptors (Lipinski definition) is 3. The average Bonchev–Trinajstić information content (AvgIpc) is 2.61. The van der Waals surface area contributed by atoms with Crippen LogP contribution in [-0.4, -0.2) is 35.2 Å². The number of benzene rings is 2. The summed E-state index contributed by atoms with van der Waals surface area (Å²) in [4.78, 5) is 20.9. The van der Waals surface area contributed by atoms with Crippen LogP contribution in [0.5, 0.6) is 0 Å². The van der Waals surface area contributed by atoms with E-state index in [2.05, 4.69) is 29.2 Å². The number of amides is 1. The Hall–Kier alpha value is -2.43. The third-order valence-electron chi connectivity index (χ3n) is 4.32. The van der Waals surface area contributed by atoms with Crippen molar-refractivity contribution in [1.82, 2.24) is 9.96 Å². The van der Waals surface area contributed by atoms with Crippen molar-refractivity contribution in [3.05, 3.63) is 83.9 Å². The van der Waals surface area contributed by atoms with Crippen LogP contribution in [0.1, 0.15) is 22.0 Å². The molecule has 1 saturated heterocycles. The predicted molar refractivity (Wildman–Crippen MR) is 87.4 cm³/mol. The Morgan fingerprint density at radius 1 is 1.00 bits per heavy atom. The van der Waals surface area contributed by atoms with Crippen molar-refractivity contribution >= 4 is 5.91 Å². The Labute approximate surface area is 135 Å². The van der Waals surface area contributed by atoms with Gasteiger partial charge in [0.25, 0.3) is 5.91 Å². The number of hydroxylamine groups is 2. The minimum atomic E-state index is -0.146. The summed E-state index contributed by atoms with van der Waals surface area (Å²) in [6.45, 7) is 1.28. The average molecular weight is 306 g/mol. The van der Waals surface area contributed by atoms with Gasteiger partial charge in [0.15, 0.2) is 0 Å². The van der Waals surface area contributed by atoms with Crippen LogP contribution >= 0.6 is 0 Å². The van der Waals surface area contributed by atoms with Gasteiger partial charge < -0.3 is 0 Å². The molecule has 2 aromatic carbocycles. The van der Waals surface area contributed by atoms with Gasteiger partial charge in [-0.05, 0) is 17.7 Å². The Kier molecular flexibility index (Phi) is 3.69. The largest absolute Gasteiger partial charge is 0.278 e. The summed E-state index contributed by atoms with van der Waals surface area (Å²) < 4.78 is 0. The summed E-state index contributed by atoms with van der Waals surface area (Å²) in [6.07, 6.45) is 4.01. The molecule has 2 aromatic rings. The van der Waals surface area contributed by atoms with E-state index in [9.17, 15) is 4.79 Å². The van der Waals surface area contributed by atoms with Crippen molar-refractivity contribution in [1.29, 1.82) is 0 Å². The van der Waals surface area contributed by atoms with Crippen LogP contribution < -0.4 is 0 Å². The molecular weight excluding hydrogens is 288 g/mol. The Morgan fingerprint density at radius 3 is 2.39 bits per heavy atom. The highest BCUT2D eigenvalue weighted by molar-refractivity contribution is 5.93. The lowest BCUT2D eigenvalue weighted by Crippen LogP contribution is -2.55. The zero-order valence-electron chi connectivity index (χ0n) is 12.7. The molecule has 1 unspecified atom stereocenters. The molecule has 1 amide bonds. The van der Waals surface area contributed by atoms with E-state index >= 15 is 0 Å². The van der Waals surface area contributed by atoms with Crippen molar-refractivity contribution in [3.63, 3.8) is 0 Å². The van der Waals surface area contributed by atoms with Crippen molar-refractivity contribution in [2.75, 3.05) is 13.2 Å². The van der Waals surface area contributed by atoms with Gasteiger partial charge in [0.2, 0.25) is 0 Å². The van der Waals surface area contributed by atoms with Gasteiger partial charge in [0.05, 0.1) is 6.04 Å². The molecule has 0 saturated carbocycles. The molecule has 2 aliphatic heterocycles. The van der Waals surface area contributed by atoms with Gasteiger partial charge in [0, 0.05) is 12.1 Å². The molecule has 0 N–H and O–H groups in total. The fourth-order valence-electron chi connectivity index (χ4n) is 3.23. The molecule has 23 heavy (non-hydrogen) atoms. The molecule has 4 heteroatoms.